The Morgan fingerprint density at radius 1 is 1.08 bits per heavy atom. The van der Waals surface area contributed by atoms with Gasteiger partial charge in [-0.2, -0.15) is 0 Å². The quantitative estimate of drug-likeness (QED) is 0.218. The van der Waals surface area contributed by atoms with Gasteiger partial charge in [-0.1, -0.05) is 13.2 Å². The van der Waals surface area contributed by atoms with E-state index in [1.807, 2.05) is 0 Å². The van der Waals surface area contributed by atoms with Gasteiger partial charge in [-0.15, -0.1) is 0 Å². The Morgan fingerprint density at radius 3 is 1.62 bits per heavy atom. The van der Waals surface area contributed by atoms with Crippen LogP contribution in [0.4, 0.5) is 0 Å². The Balaban J connectivity index is -0.000000500. The van der Waals surface area contributed by atoms with Gasteiger partial charge in [0.05, 0.1) is 0 Å². The number of carbonyl (C=O) groups excluding carboxylic acids is 2. The van der Waals surface area contributed by atoms with Crippen LogP contribution in [0.15, 0.2) is 25.3 Å². The van der Waals surface area contributed by atoms with Crippen molar-refractivity contribution in [2.24, 2.45) is 0 Å². The van der Waals surface area contributed by atoms with Crippen molar-refractivity contribution in [2.45, 2.75) is 0 Å². The zero-order valence-electron chi connectivity index (χ0n) is 7.36. The van der Waals surface area contributed by atoms with Gasteiger partial charge < -0.3 is 14.9 Å². The van der Waals surface area contributed by atoms with Gasteiger partial charge in [0.2, 0.25) is 6.79 Å². The van der Waals surface area contributed by atoms with Gasteiger partial charge in [-0.3, -0.25) is 0 Å². The summed E-state index contributed by atoms with van der Waals surface area (Å²) in [5, 5.41) is 0. The average molecular weight is 212 g/mol. The molecule has 0 aliphatic carbocycles. The standard InChI is InChI=1S/C7H8O4.K.H2O/c1-3-6(8)10-5-11-7(9)4-2;;/h3-4H,1-2,5H2;;1H2/q;+1;/p-1. The molecule has 0 fully saturated rings. The van der Waals surface area contributed by atoms with Crippen LogP contribution >= 0.6 is 0 Å². The Labute approximate surface area is 119 Å². The number of esters is 2. The molecule has 0 aromatic rings. The monoisotopic (exact) mass is 212 g/mol. The van der Waals surface area contributed by atoms with Crippen molar-refractivity contribution >= 4 is 11.9 Å². The normalized spacial score (nSPS) is 6.77. The molecule has 0 saturated carbocycles. The fourth-order valence-corrected chi connectivity index (χ4v) is 0.263. The van der Waals surface area contributed by atoms with Crippen molar-refractivity contribution in [3.63, 3.8) is 0 Å². The van der Waals surface area contributed by atoms with E-state index in [2.05, 4.69) is 22.6 Å². The Bertz CT molecular complexity index is 169. The first-order valence-corrected chi connectivity index (χ1v) is 2.79. The smallest absolute Gasteiger partial charge is 0.870 e. The van der Waals surface area contributed by atoms with Crippen molar-refractivity contribution in [2.75, 3.05) is 6.79 Å². The molecule has 0 atom stereocenters. The second-order valence-corrected chi connectivity index (χ2v) is 1.45. The van der Waals surface area contributed by atoms with E-state index in [4.69, 9.17) is 0 Å². The molecule has 0 aromatic carbocycles. The third-order valence-electron chi connectivity index (χ3n) is 0.736. The number of ether oxygens (including phenoxy) is 2. The van der Waals surface area contributed by atoms with E-state index in [9.17, 15) is 9.59 Å². The zero-order chi connectivity index (χ0) is 8.69. The first kappa shape index (κ1) is 18.7. The summed E-state index contributed by atoms with van der Waals surface area (Å²) < 4.78 is 8.63. The van der Waals surface area contributed by atoms with E-state index in [1.165, 1.54) is 0 Å². The molecular formula is C7H9KO5. The molecular weight excluding hydrogens is 203 g/mol. The molecule has 0 heterocycles. The fourth-order valence-electron chi connectivity index (χ4n) is 0.263. The van der Waals surface area contributed by atoms with E-state index in [0.29, 0.717) is 0 Å². The number of hydrogen-bond acceptors (Lipinski definition) is 5. The third kappa shape index (κ3) is 12.0. The number of carbonyl (C=O) groups is 2. The molecule has 13 heavy (non-hydrogen) atoms. The molecule has 6 heteroatoms. The molecule has 0 aliphatic heterocycles. The van der Waals surface area contributed by atoms with Crippen LogP contribution in [0.25, 0.3) is 0 Å². The number of hydrogen-bond donors (Lipinski definition) is 0. The molecule has 0 rings (SSSR count). The summed E-state index contributed by atoms with van der Waals surface area (Å²) in [5.74, 6) is -1.27. The van der Waals surface area contributed by atoms with Gasteiger partial charge in [0, 0.05) is 12.2 Å². The Hall–Kier alpha value is 0.0164. The summed E-state index contributed by atoms with van der Waals surface area (Å²) in [6.07, 6.45) is 1.95. The third-order valence-corrected chi connectivity index (χ3v) is 0.736. The second-order valence-electron chi connectivity index (χ2n) is 1.45. The maximum Gasteiger partial charge on any atom is 1.00 e. The van der Waals surface area contributed by atoms with E-state index in [-0.39, 0.29) is 56.9 Å². The van der Waals surface area contributed by atoms with Crippen LogP contribution in [0, 0.1) is 0 Å². The SMILES string of the molecule is C=CC(=O)OCOC(=O)C=C.[K+].[OH-]. The molecule has 1 N–H and O–H groups in total. The zero-order valence-corrected chi connectivity index (χ0v) is 10.5. The number of rotatable bonds is 4. The van der Waals surface area contributed by atoms with Gasteiger partial charge >= 0.3 is 63.3 Å². The van der Waals surface area contributed by atoms with Crippen molar-refractivity contribution in [1.82, 2.24) is 0 Å². The van der Waals surface area contributed by atoms with Crippen molar-refractivity contribution in [3.8, 4) is 0 Å². The van der Waals surface area contributed by atoms with Crippen LogP contribution in [-0.2, 0) is 19.1 Å². The average Bonchev–Trinajstić information content (AvgIpc) is 2.04. The fraction of sp³-hybridized carbons (Fsp3) is 0.143. The molecule has 0 aromatic heterocycles. The molecule has 68 valence electrons. The van der Waals surface area contributed by atoms with E-state index in [1.54, 1.807) is 0 Å². The second kappa shape index (κ2) is 12.0. The molecule has 0 bridgehead atoms. The first-order valence-electron chi connectivity index (χ1n) is 2.79. The summed E-state index contributed by atoms with van der Waals surface area (Å²) >= 11 is 0. The molecule has 0 spiro atoms. The molecule has 0 saturated heterocycles. The van der Waals surface area contributed by atoms with Gasteiger partial charge in [0.25, 0.3) is 0 Å². The van der Waals surface area contributed by atoms with Crippen molar-refractivity contribution in [1.29, 1.82) is 0 Å². The summed E-state index contributed by atoms with van der Waals surface area (Å²) in [7, 11) is 0. The van der Waals surface area contributed by atoms with E-state index in [0.717, 1.165) is 12.2 Å². The minimum absolute atomic E-state index is 0. The summed E-state index contributed by atoms with van der Waals surface area (Å²) in [5.41, 5.74) is 0. The van der Waals surface area contributed by atoms with Crippen molar-refractivity contribution < 1.29 is 75.9 Å². The van der Waals surface area contributed by atoms with Gasteiger partial charge in [0.1, 0.15) is 0 Å². The predicted octanol–water partition coefficient (Wildman–Crippen LogP) is -2.77. The topological polar surface area (TPSA) is 82.6 Å². The van der Waals surface area contributed by atoms with Crippen LogP contribution in [-0.4, -0.2) is 24.2 Å². The maximum atomic E-state index is 10.3. The molecule has 0 amide bonds. The minimum Gasteiger partial charge on any atom is -0.870 e. The molecule has 0 unspecified atom stereocenters. The Kier molecular flexibility index (Phi) is 17.3. The van der Waals surface area contributed by atoms with Crippen LogP contribution in [0.3, 0.4) is 0 Å². The molecule has 5 nitrogen and oxygen atoms in total. The van der Waals surface area contributed by atoms with Crippen molar-refractivity contribution in [3.05, 3.63) is 25.3 Å². The van der Waals surface area contributed by atoms with Crippen LogP contribution in [0.2, 0.25) is 0 Å². The van der Waals surface area contributed by atoms with Crippen LogP contribution in [0.5, 0.6) is 0 Å². The van der Waals surface area contributed by atoms with Gasteiger partial charge in [-0.05, 0) is 0 Å². The Morgan fingerprint density at radius 2 is 1.38 bits per heavy atom. The largest absolute Gasteiger partial charge is 1.00 e. The van der Waals surface area contributed by atoms with Crippen LogP contribution in [0.1, 0.15) is 0 Å². The summed E-state index contributed by atoms with van der Waals surface area (Å²) in [6, 6.07) is 0. The van der Waals surface area contributed by atoms with E-state index < -0.39 is 18.7 Å². The van der Waals surface area contributed by atoms with Gasteiger partial charge in [0.15, 0.2) is 0 Å². The first-order chi connectivity index (χ1) is 5.20. The van der Waals surface area contributed by atoms with Crippen LogP contribution < -0.4 is 51.4 Å². The van der Waals surface area contributed by atoms with Gasteiger partial charge in [-0.25, -0.2) is 9.59 Å². The molecule has 0 aliphatic rings. The maximum absolute atomic E-state index is 10.3. The summed E-state index contributed by atoms with van der Waals surface area (Å²) in [6.45, 7) is 5.88. The summed E-state index contributed by atoms with van der Waals surface area (Å²) in [4.78, 5) is 20.6. The molecule has 0 radical (unpaired) electrons. The minimum atomic E-state index is -0.637. The van der Waals surface area contributed by atoms with E-state index >= 15 is 0 Å². The predicted molar refractivity (Wildman–Crippen MR) is 39.4 cm³/mol.